The molecule has 1 aliphatic carbocycles. The summed E-state index contributed by atoms with van der Waals surface area (Å²) in [5.74, 6) is 2.49. The minimum Gasteiger partial charge on any atom is -0.496 e. The van der Waals surface area contributed by atoms with Gasteiger partial charge in [0.15, 0.2) is 0 Å². The second-order valence-electron chi connectivity index (χ2n) is 5.06. The molecule has 0 bridgehead atoms. The molecule has 0 amide bonds. The predicted octanol–water partition coefficient (Wildman–Crippen LogP) is 3.17. The average molecular weight is 241 g/mol. The van der Waals surface area contributed by atoms with Crippen molar-refractivity contribution < 1.29 is 4.74 Å². The first-order chi connectivity index (χ1) is 8.85. The summed E-state index contributed by atoms with van der Waals surface area (Å²) < 4.78 is 5.44. The third-order valence-electron chi connectivity index (χ3n) is 3.93. The van der Waals surface area contributed by atoms with E-state index in [1.54, 1.807) is 7.11 Å². The lowest BCUT2D eigenvalue weighted by atomic mass is 9.99. The van der Waals surface area contributed by atoms with Crippen molar-refractivity contribution in [3.63, 3.8) is 0 Å². The molecule has 2 aromatic carbocycles. The van der Waals surface area contributed by atoms with E-state index < -0.39 is 0 Å². The van der Waals surface area contributed by atoms with Gasteiger partial charge in [-0.3, -0.25) is 0 Å². The number of ether oxygens (including phenoxy) is 1. The zero-order chi connectivity index (χ0) is 12.5. The number of rotatable bonds is 4. The highest BCUT2D eigenvalue weighted by molar-refractivity contribution is 5.91. The summed E-state index contributed by atoms with van der Waals surface area (Å²) >= 11 is 0. The van der Waals surface area contributed by atoms with E-state index in [1.807, 2.05) is 7.05 Å². The molecule has 2 atom stereocenters. The first-order valence-corrected chi connectivity index (χ1v) is 6.55. The normalized spacial score (nSPS) is 22.1. The Morgan fingerprint density at radius 1 is 1.17 bits per heavy atom. The second kappa shape index (κ2) is 4.62. The van der Waals surface area contributed by atoms with Gasteiger partial charge in [0.25, 0.3) is 0 Å². The van der Waals surface area contributed by atoms with Crippen molar-refractivity contribution in [1.29, 1.82) is 0 Å². The van der Waals surface area contributed by atoms with E-state index in [0.29, 0.717) is 5.92 Å². The number of methoxy groups -OCH3 is 1. The van der Waals surface area contributed by atoms with Crippen LogP contribution in [0.25, 0.3) is 10.8 Å². The van der Waals surface area contributed by atoms with Crippen molar-refractivity contribution in [2.24, 2.45) is 5.92 Å². The van der Waals surface area contributed by atoms with Crippen LogP contribution in [0.2, 0.25) is 0 Å². The summed E-state index contributed by atoms with van der Waals surface area (Å²) in [6.45, 7) is 1.12. The van der Waals surface area contributed by atoms with Gasteiger partial charge in [0.2, 0.25) is 0 Å². The van der Waals surface area contributed by atoms with Gasteiger partial charge in [-0.1, -0.05) is 30.3 Å². The Kier molecular flexibility index (Phi) is 2.96. The first-order valence-electron chi connectivity index (χ1n) is 6.55. The fourth-order valence-electron chi connectivity index (χ4n) is 2.91. The van der Waals surface area contributed by atoms with Gasteiger partial charge in [0.05, 0.1) is 7.11 Å². The zero-order valence-electron chi connectivity index (χ0n) is 10.9. The molecular weight excluding hydrogens is 222 g/mol. The molecule has 18 heavy (non-hydrogen) atoms. The lowest BCUT2D eigenvalue weighted by Gasteiger charge is -2.10. The van der Waals surface area contributed by atoms with E-state index in [-0.39, 0.29) is 0 Å². The van der Waals surface area contributed by atoms with Crippen LogP contribution in [0.5, 0.6) is 5.75 Å². The van der Waals surface area contributed by atoms with Crippen molar-refractivity contribution in [3.8, 4) is 5.75 Å². The van der Waals surface area contributed by atoms with Gasteiger partial charge in [0, 0.05) is 5.39 Å². The minimum absolute atomic E-state index is 0.716. The molecule has 0 heterocycles. The van der Waals surface area contributed by atoms with Crippen molar-refractivity contribution in [2.45, 2.75) is 12.3 Å². The third-order valence-corrected chi connectivity index (χ3v) is 3.93. The number of benzene rings is 2. The summed E-state index contributed by atoms with van der Waals surface area (Å²) in [5.41, 5.74) is 1.48. The summed E-state index contributed by atoms with van der Waals surface area (Å²) in [7, 11) is 3.77. The van der Waals surface area contributed by atoms with Crippen LogP contribution in [0.1, 0.15) is 17.9 Å². The van der Waals surface area contributed by atoms with Crippen LogP contribution in [0.3, 0.4) is 0 Å². The molecule has 2 aromatic rings. The second-order valence-corrected chi connectivity index (χ2v) is 5.06. The largest absolute Gasteiger partial charge is 0.496 e. The van der Waals surface area contributed by atoms with E-state index in [9.17, 15) is 0 Å². The predicted molar refractivity (Wildman–Crippen MR) is 75.3 cm³/mol. The Balaban J connectivity index is 2.04. The van der Waals surface area contributed by atoms with E-state index in [4.69, 9.17) is 4.74 Å². The van der Waals surface area contributed by atoms with Crippen LogP contribution in [0.15, 0.2) is 36.4 Å². The van der Waals surface area contributed by atoms with Gasteiger partial charge in [-0.25, -0.2) is 0 Å². The molecule has 1 N–H and O–H groups in total. The zero-order valence-corrected chi connectivity index (χ0v) is 10.9. The summed E-state index contributed by atoms with van der Waals surface area (Å²) in [6, 6.07) is 12.9. The van der Waals surface area contributed by atoms with Crippen LogP contribution in [0, 0.1) is 5.92 Å². The number of nitrogens with one attached hydrogen (secondary N) is 1. The smallest absolute Gasteiger partial charge is 0.126 e. The highest BCUT2D eigenvalue weighted by atomic mass is 16.5. The van der Waals surface area contributed by atoms with Gasteiger partial charge >= 0.3 is 0 Å². The molecule has 94 valence electrons. The van der Waals surface area contributed by atoms with Gasteiger partial charge < -0.3 is 10.1 Å². The first kappa shape index (κ1) is 11.5. The molecule has 3 rings (SSSR count). The van der Waals surface area contributed by atoms with Gasteiger partial charge in [0.1, 0.15) is 5.75 Å². The maximum atomic E-state index is 5.44. The van der Waals surface area contributed by atoms with Crippen LogP contribution >= 0.6 is 0 Å². The van der Waals surface area contributed by atoms with Crippen LogP contribution in [0.4, 0.5) is 0 Å². The third kappa shape index (κ3) is 1.87. The maximum Gasteiger partial charge on any atom is 0.126 e. The Labute approximate surface area is 108 Å². The Hall–Kier alpha value is -1.54. The Morgan fingerprint density at radius 3 is 2.67 bits per heavy atom. The van der Waals surface area contributed by atoms with Crippen molar-refractivity contribution >= 4 is 10.8 Å². The fourth-order valence-corrected chi connectivity index (χ4v) is 2.91. The van der Waals surface area contributed by atoms with Crippen LogP contribution in [-0.2, 0) is 0 Å². The molecule has 2 nitrogen and oxygen atoms in total. The van der Waals surface area contributed by atoms with Gasteiger partial charge in [-0.15, -0.1) is 0 Å². The SMILES string of the molecule is CNCC1CC1c1ccc(OC)c2ccccc12. The molecule has 0 spiro atoms. The molecule has 1 aliphatic rings. The van der Waals surface area contributed by atoms with Gasteiger partial charge in [-0.2, -0.15) is 0 Å². The Bertz CT molecular complexity index is 564. The number of hydrogen-bond acceptors (Lipinski definition) is 2. The van der Waals surface area contributed by atoms with E-state index in [0.717, 1.165) is 18.2 Å². The Morgan fingerprint density at radius 2 is 1.94 bits per heavy atom. The molecule has 1 saturated carbocycles. The maximum absolute atomic E-state index is 5.44. The van der Waals surface area contributed by atoms with Crippen LogP contribution < -0.4 is 10.1 Å². The van der Waals surface area contributed by atoms with Crippen molar-refractivity contribution in [2.75, 3.05) is 20.7 Å². The monoisotopic (exact) mass is 241 g/mol. The minimum atomic E-state index is 0.716. The quantitative estimate of drug-likeness (QED) is 0.887. The van der Waals surface area contributed by atoms with Crippen molar-refractivity contribution in [1.82, 2.24) is 5.32 Å². The molecule has 1 fully saturated rings. The van der Waals surface area contributed by atoms with E-state index in [2.05, 4.69) is 41.7 Å². The standard InChI is InChI=1S/C16H19NO/c1-17-10-11-9-15(11)13-7-8-16(18-2)14-6-4-3-5-12(13)14/h3-8,11,15,17H,9-10H2,1-2H3. The van der Waals surface area contributed by atoms with Gasteiger partial charge in [-0.05, 0) is 48.9 Å². The molecule has 0 radical (unpaired) electrons. The molecule has 2 unspecified atom stereocenters. The molecule has 2 heteroatoms. The van der Waals surface area contributed by atoms with E-state index >= 15 is 0 Å². The summed E-state index contributed by atoms with van der Waals surface area (Å²) in [5, 5.41) is 5.85. The topological polar surface area (TPSA) is 21.3 Å². The summed E-state index contributed by atoms with van der Waals surface area (Å²) in [6.07, 6.45) is 1.30. The van der Waals surface area contributed by atoms with E-state index in [1.165, 1.54) is 22.8 Å². The highest BCUT2D eigenvalue weighted by Crippen LogP contribution is 2.49. The molecular formula is C16H19NO. The number of hydrogen-bond donors (Lipinski definition) is 1. The molecule has 0 saturated heterocycles. The fraction of sp³-hybridized carbons (Fsp3) is 0.375. The molecule has 0 aliphatic heterocycles. The highest BCUT2D eigenvalue weighted by Gasteiger charge is 2.38. The van der Waals surface area contributed by atoms with Crippen molar-refractivity contribution in [3.05, 3.63) is 42.0 Å². The lowest BCUT2D eigenvalue weighted by molar-refractivity contribution is 0.419. The lowest BCUT2D eigenvalue weighted by Crippen LogP contribution is -2.10. The average Bonchev–Trinajstić information content (AvgIpc) is 3.17. The molecule has 0 aromatic heterocycles. The summed E-state index contributed by atoms with van der Waals surface area (Å²) in [4.78, 5) is 0. The van der Waals surface area contributed by atoms with Crippen LogP contribution in [-0.4, -0.2) is 20.7 Å². The number of fused-ring (bicyclic) bond motifs is 1.